The average Bonchev–Trinajstić information content (AvgIpc) is 2.24. The Bertz CT molecular complexity index is 215. The Kier molecular flexibility index (Phi) is 13.7. The van der Waals surface area contributed by atoms with Gasteiger partial charge < -0.3 is 10.2 Å². The fraction of sp³-hybridized carbons (Fsp3) is 0.769. The molecule has 0 aromatic rings. The summed E-state index contributed by atoms with van der Waals surface area (Å²) in [7, 11) is 3.91. The Labute approximate surface area is 124 Å². The van der Waals surface area contributed by atoms with Crippen LogP contribution in [0.3, 0.4) is 0 Å². The molecule has 1 N–H and O–H groups in total. The molecule has 102 valence electrons. The Morgan fingerprint density at radius 2 is 2.12 bits per heavy atom. The maximum Gasteiger partial charge on any atom is 0.193 e. The molecule has 0 aliphatic heterocycles. The predicted octanol–water partition coefficient (Wildman–Crippen LogP) is 3.12. The first-order valence-electron chi connectivity index (χ1n) is 6.14. The first kappa shape index (κ1) is 19.1. The molecular formula is C13H28IN3. The third-order valence-corrected chi connectivity index (χ3v) is 2.48. The van der Waals surface area contributed by atoms with E-state index in [1.54, 1.807) is 0 Å². The highest BCUT2D eigenvalue weighted by molar-refractivity contribution is 14.0. The molecule has 3 nitrogen and oxygen atoms in total. The van der Waals surface area contributed by atoms with Gasteiger partial charge in [-0.3, -0.25) is 4.99 Å². The summed E-state index contributed by atoms with van der Waals surface area (Å²) in [5, 5.41) is 3.38. The van der Waals surface area contributed by atoms with Crippen LogP contribution in [0.15, 0.2) is 17.6 Å². The van der Waals surface area contributed by atoms with Gasteiger partial charge >= 0.3 is 0 Å². The molecule has 0 unspecified atom stereocenters. The lowest BCUT2D eigenvalue weighted by Crippen LogP contribution is -2.40. The number of halogens is 1. The van der Waals surface area contributed by atoms with Crippen LogP contribution in [-0.4, -0.2) is 38.0 Å². The number of allylic oxidation sites excluding steroid dienone is 1. The highest BCUT2D eigenvalue weighted by Crippen LogP contribution is 1.98. The molecule has 0 heterocycles. The Morgan fingerprint density at radius 3 is 2.59 bits per heavy atom. The summed E-state index contributed by atoms with van der Waals surface area (Å²) in [5.41, 5.74) is 0. The summed E-state index contributed by atoms with van der Waals surface area (Å²) in [6, 6.07) is 0. The van der Waals surface area contributed by atoms with E-state index in [4.69, 9.17) is 0 Å². The standard InChI is InChI=1S/C13H27N3.HI/c1-6-7-8-11-16(5)13(14-4)15-10-9-12(2)3;/h6,12H,1,7-11H2,2-5H3,(H,14,15);1H. The van der Waals surface area contributed by atoms with Gasteiger partial charge in [0, 0.05) is 27.2 Å². The van der Waals surface area contributed by atoms with Gasteiger partial charge in [-0.1, -0.05) is 19.9 Å². The third kappa shape index (κ3) is 10.6. The molecule has 0 saturated heterocycles. The molecule has 0 aromatic heterocycles. The van der Waals surface area contributed by atoms with Crippen LogP contribution in [0, 0.1) is 5.92 Å². The molecule has 0 amide bonds. The highest BCUT2D eigenvalue weighted by atomic mass is 127. The van der Waals surface area contributed by atoms with Crippen molar-refractivity contribution in [2.24, 2.45) is 10.9 Å². The predicted molar refractivity (Wildman–Crippen MR) is 88.3 cm³/mol. The van der Waals surface area contributed by atoms with Crippen molar-refractivity contribution in [3.05, 3.63) is 12.7 Å². The summed E-state index contributed by atoms with van der Waals surface area (Å²) in [4.78, 5) is 6.44. The number of hydrogen-bond donors (Lipinski definition) is 1. The minimum atomic E-state index is 0. The smallest absolute Gasteiger partial charge is 0.193 e. The van der Waals surface area contributed by atoms with Crippen molar-refractivity contribution in [3.63, 3.8) is 0 Å². The van der Waals surface area contributed by atoms with Crippen molar-refractivity contribution < 1.29 is 0 Å². The van der Waals surface area contributed by atoms with Gasteiger partial charge in [-0.25, -0.2) is 0 Å². The maximum absolute atomic E-state index is 4.27. The van der Waals surface area contributed by atoms with Crippen LogP contribution in [0.2, 0.25) is 0 Å². The normalized spacial score (nSPS) is 11.0. The Balaban J connectivity index is 0. The first-order chi connectivity index (χ1) is 7.61. The molecule has 0 rings (SSSR count). The summed E-state index contributed by atoms with van der Waals surface area (Å²) in [6.45, 7) is 10.2. The second-order valence-corrected chi connectivity index (χ2v) is 4.51. The molecular weight excluding hydrogens is 325 g/mol. The summed E-state index contributed by atoms with van der Waals surface area (Å²) in [5.74, 6) is 1.72. The van der Waals surface area contributed by atoms with Gasteiger partial charge in [0.05, 0.1) is 0 Å². The molecule has 0 aliphatic rings. The van der Waals surface area contributed by atoms with Crippen molar-refractivity contribution in [1.29, 1.82) is 0 Å². The Morgan fingerprint density at radius 1 is 1.47 bits per heavy atom. The van der Waals surface area contributed by atoms with Crippen molar-refractivity contribution in [2.45, 2.75) is 33.1 Å². The third-order valence-electron chi connectivity index (χ3n) is 2.48. The zero-order chi connectivity index (χ0) is 12.4. The average molecular weight is 353 g/mol. The van der Waals surface area contributed by atoms with Gasteiger partial charge in [-0.2, -0.15) is 0 Å². The minimum Gasteiger partial charge on any atom is -0.356 e. The number of hydrogen-bond acceptors (Lipinski definition) is 1. The molecule has 4 heteroatoms. The second-order valence-electron chi connectivity index (χ2n) is 4.51. The molecule has 0 radical (unpaired) electrons. The molecule has 0 spiro atoms. The SMILES string of the molecule is C=CCCCN(C)C(=NC)NCCC(C)C.I. The molecule has 0 saturated carbocycles. The topological polar surface area (TPSA) is 27.6 Å². The van der Waals surface area contributed by atoms with Gasteiger partial charge in [0.15, 0.2) is 5.96 Å². The van der Waals surface area contributed by atoms with E-state index < -0.39 is 0 Å². The number of unbranched alkanes of at least 4 members (excludes halogenated alkanes) is 1. The van der Waals surface area contributed by atoms with E-state index >= 15 is 0 Å². The van der Waals surface area contributed by atoms with E-state index in [1.807, 2.05) is 13.1 Å². The number of rotatable bonds is 7. The van der Waals surface area contributed by atoms with Crippen LogP contribution in [0.1, 0.15) is 33.1 Å². The Hall–Kier alpha value is -0.260. The van der Waals surface area contributed by atoms with E-state index in [2.05, 4.69) is 42.7 Å². The number of guanidine groups is 1. The lowest BCUT2D eigenvalue weighted by molar-refractivity contribution is 0.463. The molecule has 0 aromatic carbocycles. The lowest BCUT2D eigenvalue weighted by Gasteiger charge is -2.22. The van der Waals surface area contributed by atoms with Gasteiger partial charge in [-0.15, -0.1) is 30.6 Å². The maximum atomic E-state index is 4.27. The van der Waals surface area contributed by atoms with Gasteiger partial charge in [0.25, 0.3) is 0 Å². The van der Waals surface area contributed by atoms with E-state index in [-0.39, 0.29) is 24.0 Å². The van der Waals surface area contributed by atoms with E-state index in [9.17, 15) is 0 Å². The van der Waals surface area contributed by atoms with E-state index in [1.165, 1.54) is 6.42 Å². The summed E-state index contributed by atoms with van der Waals surface area (Å²) in [6.07, 6.45) is 5.33. The van der Waals surface area contributed by atoms with E-state index in [0.717, 1.165) is 37.8 Å². The fourth-order valence-corrected chi connectivity index (χ4v) is 1.44. The van der Waals surface area contributed by atoms with Gasteiger partial charge in [-0.05, 0) is 25.2 Å². The van der Waals surface area contributed by atoms with Crippen LogP contribution in [0.5, 0.6) is 0 Å². The van der Waals surface area contributed by atoms with Crippen LogP contribution in [0.25, 0.3) is 0 Å². The lowest BCUT2D eigenvalue weighted by atomic mass is 10.1. The zero-order valence-corrected chi connectivity index (χ0v) is 14.0. The van der Waals surface area contributed by atoms with Gasteiger partial charge in [0.2, 0.25) is 0 Å². The summed E-state index contributed by atoms with van der Waals surface area (Å²) < 4.78 is 0. The fourth-order valence-electron chi connectivity index (χ4n) is 1.44. The quantitative estimate of drug-likeness (QED) is 0.250. The van der Waals surface area contributed by atoms with Crippen molar-refractivity contribution >= 4 is 29.9 Å². The highest BCUT2D eigenvalue weighted by Gasteiger charge is 2.04. The van der Waals surface area contributed by atoms with Crippen LogP contribution < -0.4 is 5.32 Å². The second kappa shape index (κ2) is 12.2. The van der Waals surface area contributed by atoms with Crippen molar-refractivity contribution in [3.8, 4) is 0 Å². The van der Waals surface area contributed by atoms with Crippen LogP contribution in [-0.2, 0) is 0 Å². The molecule has 0 fully saturated rings. The van der Waals surface area contributed by atoms with Crippen LogP contribution in [0.4, 0.5) is 0 Å². The zero-order valence-electron chi connectivity index (χ0n) is 11.7. The largest absolute Gasteiger partial charge is 0.356 e. The molecule has 0 bridgehead atoms. The number of nitrogens with one attached hydrogen (secondary N) is 1. The first-order valence-corrected chi connectivity index (χ1v) is 6.14. The minimum absolute atomic E-state index is 0. The van der Waals surface area contributed by atoms with Gasteiger partial charge in [0.1, 0.15) is 0 Å². The van der Waals surface area contributed by atoms with E-state index in [0.29, 0.717) is 0 Å². The summed E-state index contributed by atoms with van der Waals surface area (Å²) >= 11 is 0. The van der Waals surface area contributed by atoms with Crippen molar-refractivity contribution in [1.82, 2.24) is 10.2 Å². The number of aliphatic imine (C=N–C) groups is 1. The van der Waals surface area contributed by atoms with Crippen molar-refractivity contribution in [2.75, 3.05) is 27.2 Å². The number of nitrogens with zero attached hydrogens (tertiary/aromatic N) is 2. The molecule has 0 atom stereocenters. The van der Waals surface area contributed by atoms with Crippen LogP contribution >= 0.6 is 24.0 Å². The molecule has 17 heavy (non-hydrogen) atoms. The molecule has 0 aliphatic carbocycles. The monoisotopic (exact) mass is 353 g/mol.